The minimum Gasteiger partial charge on any atom is -0.457 e. The molecule has 0 bridgehead atoms. The number of hydrogen-bond donors (Lipinski definition) is 1. The lowest BCUT2D eigenvalue weighted by Crippen LogP contribution is -2.14. The minimum atomic E-state index is -0.269. The summed E-state index contributed by atoms with van der Waals surface area (Å²) in [5.74, 6) is 2.11. The van der Waals surface area contributed by atoms with E-state index >= 15 is 0 Å². The zero-order valence-electron chi connectivity index (χ0n) is 16.0. The third kappa shape index (κ3) is 4.30. The molecule has 0 aliphatic carbocycles. The van der Waals surface area contributed by atoms with E-state index in [4.69, 9.17) is 4.74 Å². The fourth-order valence-electron chi connectivity index (χ4n) is 2.88. The van der Waals surface area contributed by atoms with Crippen LogP contribution in [-0.4, -0.2) is 25.7 Å². The van der Waals surface area contributed by atoms with Gasteiger partial charge in [-0.25, -0.2) is 14.6 Å². The smallest absolute Gasteiger partial charge is 0.256 e. The Labute approximate surface area is 168 Å². The van der Waals surface area contributed by atoms with Gasteiger partial charge in [0.1, 0.15) is 23.6 Å². The van der Waals surface area contributed by atoms with Crippen LogP contribution in [0.1, 0.15) is 21.7 Å². The Morgan fingerprint density at radius 1 is 0.931 bits per heavy atom. The first-order valence-corrected chi connectivity index (χ1v) is 9.08. The molecule has 7 heteroatoms. The van der Waals surface area contributed by atoms with E-state index < -0.39 is 0 Å². The Morgan fingerprint density at radius 3 is 2.34 bits per heavy atom. The zero-order valence-corrected chi connectivity index (χ0v) is 16.0. The number of aromatic nitrogens is 4. The van der Waals surface area contributed by atoms with Gasteiger partial charge in [0.15, 0.2) is 5.82 Å². The lowest BCUT2D eigenvalue weighted by molar-refractivity contribution is 0.102. The van der Waals surface area contributed by atoms with Crippen LogP contribution in [0.4, 0.5) is 5.82 Å². The van der Waals surface area contributed by atoms with Gasteiger partial charge in [0, 0.05) is 17.3 Å². The second-order valence-electron chi connectivity index (χ2n) is 6.49. The van der Waals surface area contributed by atoms with E-state index in [9.17, 15) is 4.79 Å². The highest BCUT2D eigenvalue weighted by atomic mass is 16.5. The van der Waals surface area contributed by atoms with Crippen molar-refractivity contribution in [2.75, 3.05) is 5.32 Å². The number of para-hydroxylation sites is 1. The molecule has 2 aromatic carbocycles. The maximum absolute atomic E-state index is 12.6. The van der Waals surface area contributed by atoms with Gasteiger partial charge in [-0.2, -0.15) is 5.10 Å². The summed E-state index contributed by atoms with van der Waals surface area (Å²) in [5.41, 5.74) is 2.34. The summed E-state index contributed by atoms with van der Waals surface area (Å²) in [6.07, 6.45) is 1.40. The molecular formula is C22H19N5O2. The zero-order chi connectivity index (χ0) is 20.2. The Balaban J connectivity index is 1.47. The number of hydrogen-bond acceptors (Lipinski definition) is 5. The standard InChI is InChI=1S/C22H19N5O2/c1-15-12-16(2)27(26-15)21-13-20(23-14-24-21)25-22(28)17-8-10-19(11-9-17)29-18-6-4-3-5-7-18/h3-14H,1-2H3,(H,23,24,25,28). The summed E-state index contributed by atoms with van der Waals surface area (Å²) < 4.78 is 7.46. The Bertz CT molecular complexity index is 1140. The number of ether oxygens (including phenoxy) is 1. The fraction of sp³-hybridized carbons (Fsp3) is 0.0909. The topological polar surface area (TPSA) is 81.9 Å². The molecule has 1 N–H and O–H groups in total. The van der Waals surface area contributed by atoms with Crippen molar-refractivity contribution in [3.63, 3.8) is 0 Å². The lowest BCUT2D eigenvalue weighted by atomic mass is 10.2. The number of anilines is 1. The van der Waals surface area contributed by atoms with E-state index in [-0.39, 0.29) is 5.91 Å². The average Bonchev–Trinajstić information content (AvgIpc) is 3.07. The van der Waals surface area contributed by atoms with E-state index in [1.54, 1.807) is 35.0 Å². The van der Waals surface area contributed by atoms with Crippen molar-refractivity contribution in [3.8, 4) is 17.3 Å². The highest BCUT2D eigenvalue weighted by Gasteiger charge is 2.10. The van der Waals surface area contributed by atoms with Crippen molar-refractivity contribution in [1.29, 1.82) is 0 Å². The number of nitrogens with zero attached hydrogens (tertiary/aromatic N) is 4. The summed E-state index contributed by atoms with van der Waals surface area (Å²) >= 11 is 0. The first-order chi connectivity index (χ1) is 14.1. The van der Waals surface area contributed by atoms with Crippen molar-refractivity contribution in [2.45, 2.75) is 13.8 Å². The van der Waals surface area contributed by atoms with Crippen LogP contribution in [0, 0.1) is 13.8 Å². The molecule has 4 aromatic rings. The van der Waals surface area contributed by atoms with Crippen LogP contribution < -0.4 is 10.1 Å². The molecule has 0 spiro atoms. The Hall–Kier alpha value is -4.00. The quantitative estimate of drug-likeness (QED) is 0.553. The van der Waals surface area contributed by atoms with E-state index in [0.717, 1.165) is 17.1 Å². The molecule has 0 saturated carbocycles. The molecule has 2 heterocycles. The molecule has 2 aromatic heterocycles. The van der Waals surface area contributed by atoms with Crippen LogP contribution in [0.25, 0.3) is 5.82 Å². The number of carbonyl (C=O) groups excluding carboxylic acids is 1. The third-order valence-electron chi connectivity index (χ3n) is 4.22. The van der Waals surface area contributed by atoms with Gasteiger partial charge in [0.05, 0.1) is 5.69 Å². The van der Waals surface area contributed by atoms with Gasteiger partial charge in [0.25, 0.3) is 5.91 Å². The largest absolute Gasteiger partial charge is 0.457 e. The third-order valence-corrected chi connectivity index (χ3v) is 4.22. The Kier molecular flexibility index (Phi) is 5.03. The number of aryl methyl sites for hydroxylation is 2. The molecule has 7 nitrogen and oxygen atoms in total. The summed E-state index contributed by atoms with van der Waals surface area (Å²) in [6, 6.07) is 20.0. The van der Waals surface area contributed by atoms with Gasteiger partial charge < -0.3 is 10.1 Å². The molecule has 0 fully saturated rings. The molecule has 0 radical (unpaired) electrons. The van der Waals surface area contributed by atoms with Crippen molar-refractivity contribution in [1.82, 2.24) is 19.7 Å². The molecule has 4 rings (SSSR count). The van der Waals surface area contributed by atoms with Gasteiger partial charge in [-0.3, -0.25) is 4.79 Å². The van der Waals surface area contributed by atoms with Crippen LogP contribution in [0.3, 0.4) is 0 Å². The van der Waals surface area contributed by atoms with Crippen LogP contribution in [-0.2, 0) is 0 Å². The highest BCUT2D eigenvalue weighted by Crippen LogP contribution is 2.21. The summed E-state index contributed by atoms with van der Waals surface area (Å²) in [6.45, 7) is 3.86. The molecule has 144 valence electrons. The fourth-order valence-corrected chi connectivity index (χ4v) is 2.88. The van der Waals surface area contributed by atoms with Gasteiger partial charge in [-0.1, -0.05) is 18.2 Å². The molecular weight excluding hydrogens is 366 g/mol. The molecule has 0 saturated heterocycles. The lowest BCUT2D eigenvalue weighted by Gasteiger charge is -2.08. The first-order valence-electron chi connectivity index (χ1n) is 9.08. The van der Waals surface area contributed by atoms with Crippen molar-refractivity contribution in [3.05, 3.63) is 90.0 Å². The summed E-state index contributed by atoms with van der Waals surface area (Å²) in [7, 11) is 0. The Morgan fingerprint density at radius 2 is 1.66 bits per heavy atom. The van der Waals surface area contributed by atoms with Crippen LogP contribution in [0.15, 0.2) is 73.1 Å². The summed E-state index contributed by atoms with van der Waals surface area (Å²) in [4.78, 5) is 20.9. The van der Waals surface area contributed by atoms with Crippen LogP contribution in [0.5, 0.6) is 11.5 Å². The minimum absolute atomic E-state index is 0.269. The molecule has 1 amide bonds. The second kappa shape index (κ2) is 7.93. The molecule has 0 unspecified atom stereocenters. The maximum Gasteiger partial charge on any atom is 0.256 e. The number of nitrogens with one attached hydrogen (secondary N) is 1. The van der Waals surface area contributed by atoms with Crippen LogP contribution >= 0.6 is 0 Å². The predicted molar refractivity (Wildman–Crippen MR) is 110 cm³/mol. The normalized spacial score (nSPS) is 10.6. The number of benzene rings is 2. The number of carbonyl (C=O) groups is 1. The molecule has 0 atom stereocenters. The highest BCUT2D eigenvalue weighted by molar-refractivity contribution is 6.03. The average molecular weight is 385 g/mol. The van der Waals surface area contributed by atoms with Gasteiger partial charge in [-0.15, -0.1) is 0 Å². The van der Waals surface area contributed by atoms with E-state index in [1.807, 2.05) is 50.2 Å². The monoisotopic (exact) mass is 385 g/mol. The van der Waals surface area contributed by atoms with Gasteiger partial charge >= 0.3 is 0 Å². The second-order valence-corrected chi connectivity index (χ2v) is 6.49. The molecule has 0 aliphatic rings. The van der Waals surface area contributed by atoms with E-state index in [1.165, 1.54) is 6.33 Å². The van der Waals surface area contributed by atoms with Crippen molar-refractivity contribution >= 4 is 11.7 Å². The first kappa shape index (κ1) is 18.4. The molecule has 0 aliphatic heterocycles. The predicted octanol–water partition coefficient (Wildman–Crippen LogP) is 4.32. The van der Waals surface area contributed by atoms with Crippen LogP contribution in [0.2, 0.25) is 0 Å². The SMILES string of the molecule is Cc1cc(C)n(-c2cc(NC(=O)c3ccc(Oc4ccccc4)cc3)ncn2)n1. The van der Waals surface area contributed by atoms with E-state index in [0.29, 0.717) is 22.9 Å². The number of amides is 1. The van der Waals surface area contributed by atoms with E-state index in [2.05, 4.69) is 20.4 Å². The summed E-state index contributed by atoms with van der Waals surface area (Å²) in [5, 5.41) is 7.19. The van der Waals surface area contributed by atoms with Crippen molar-refractivity contribution in [2.24, 2.45) is 0 Å². The number of rotatable bonds is 5. The van der Waals surface area contributed by atoms with Gasteiger partial charge in [0.2, 0.25) is 0 Å². The molecule has 29 heavy (non-hydrogen) atoms. The van der Waals surface area contributed by atoms with Gasteiger partial charge in [-0.05, 0) is 56.3 Å². The van der Waals surface area contributed by atoms with Crippen molar-refractivity contribution < 1.29 is 9.53 Å². The maximum atomic E-state index is 12.6.